The third-order valence-electron chi connectivity index (χ3n) is 5.46. The van der Waals surface area contributed by atoms with E-state index in [2.05, 4.69) is 5.32 Å². The highest BCUT2D eigenvalue weighted by Crippen LogP contribution is 2.41. The zero-order chi connectivity index (χ0) is 21.5. The topological polar surface area (TPSA) is 78.3 Å². The first-order chi connectivity index (χ1) is 15.1. The number of thiazole rings is 1. The van der Waals surface area contributed by atoms with Gasteiger partial charge in [-0.15, -0.1) is 0 Å². The molecule has 0 bridgehead atoms. The van der Waals surface area contributed by atoms with E-state index in [-0.39, 0.29) is 11.8 Å². The van der Waals surface area contributed by atoms with E-state index in [0.29, 0.717) is 24.0 Å². The summed E-state index contributed by atoms with van der Waals surface area (Å²) in [5.74, 6) is 2.20. The van der Waals surface area contributed by atoms with Crippen molar-refractivity contribution in [2.75, 3.05) is 19.0 Å². The van der Waals surface area contributed by atoms with Crippen molar-refractivity contribution >= 4 is 33.3 Å². The van der Waals surface area contributed by atoms with E-state index in [1.807, 2.05) is 56.3 Å². The van der Waals surface area contributed by atoms with Gasteiger partial charge in [-0.3, -0.25) is 4.79 Å². The predicted molar refractivity (Wildman–Crippen MR) is 121 cm³/mol. The summed E-state index contributed by atoms with van der Waals surface area (Å²) in [6.07, 6.45) is 0.380. The van der Waals surface area contributed by atoms with Gasteiger partial charge in [0.2, 0.25) is 11.0 Å². The Kier molecular flexibility index (Phi) is 4.86. The van der Waals surface area contributed by atoms with Gasteiger partial charge in [-0.1, -0.05) is 23.5 Å². The van der Waals surface area contributed by atoms with Gasteiger partial charge in [0.1, 0.15) is 17.3 Å². The summed E-state index contributed by atoms with van der Waals surface area (Å²) in [6, 6.07) is 13.7. The summed E-state index contributed by atoms with van der Waals surface area (Å²) in [4.78, 5) is 17.3. The molecule has 0 unspecified atom stereocenters. The van der Waals surface area contributed by atoms with E-state index in [9.17, 15) is 4.79 Å². The van der Waals surface area contributed by atoms with Gasteiger partial charge in [0.15, 0.2) is 0 Å². The van der Waals surface area contributed by atoms with Crippen molar-refractivity contribution in [2.24, 2.45) is 0 Å². The van der Waals surface area contributed by atoms with Crippen LogP contribution in [0.3, 0.4) is 0 Å². The smallest absolute Gasteiger partial charge is 0.226 e. The maximum Gasteiger partial charge on any atom is 0.226 e. The molecule has 0 radical (unpaired) electrons. The molecule has 3 heterocycles. The Morgan fingerprint density at radius 3 is 2.71 bits per heavy atom. The second-order valence-corrected chi connectivity index (χ2v) is 8.41. The summed E-state index contributed by atoms with van der Waals surface area (Å²) in [6.45, 7) is 4.56. The molecule has 31 heavy (non-hydrogen) atoms. The molecular formula is C23H22N4O3S. The third-order valence-corrected chi connectivity index (χ3v) is 6.46. The Morgan fingerprint density at radius 1 is 1.19 bits per heavy atom. The van der Waals surface area contributed by atoms with Crippen LogP contribution in [-0.2, 0) is 4.79 Å². The molecule has 8 heteroatoms. The van der Waals surface area contributed by atoms with Crippen molar-refractivity contribution in [3.63, 3.8) is 0 Å². The maximum absolute atomic E-state index is 12.6. The summed E-state index contributed by atoms with van der Waals surface area (Å²) in [5, 5.41) is 8.48. The molecular weight excluding hydrogens is 412 g/mol. The molecule has 2 aromatic carbocycles. The number of methoxy groups -OCH3 is 1. The van der Waals surface area contributed by atoms with Crippen LogP contribution in [0.25, 0.3) is 15.3 Å². The molecule has 4 aromatic rings. The van der Waals surface area contributed by atoms with E-state index in [0.717, 1.165) is 38.5 Å². The standard InChI is InChI=1S/C23H22N4O3S/c1-4-30-15-7-5-14(6-8-15)17-12-20(28)25-22-21(17)13(2)26-27(22)23-24-18-10-9-16(29-3)11-19(18)31-23/h5-11,17H,4,12H2,1-3H3,(H,25,28)/t17-/m1/s1. The Balaban J connectivity index is 1.59. The third kappa shape index (κ3) is 3.42. The van der Waals surface area contributed by atoms with Crippen molar-refractivity contribution < 1.29 is 14.3 Å². The normalized spacial score (nSPS) is 15.6. The van der Waals surface area contributed by atoms with Crippen LogP contribution >= 0.6 is 11.3 Å². The van der Waals surface area contributed by atoms with Crippen LogP contribution in [0.4, 0.5) is 5.82 Å². The van der Waals surface area contributed by atoms with Crippen LogP contribution in [-0.4, -0.2) is 34.4 Å². The SMILES string of the molecule is CCOc1ccc([C@H]2CC(=O)Nc3c2c(C)nn3-c2nc3ccc(OC)cc3s2)cc1. The van der Waals surface area contributed by atoms with Crippen molar-refractivity contribution in [1.29, 1.82) is 0 Å². The van der Waals surface area contributed by atoms with Crippen LogP contribution in [0.5, 0.6) is 11.5 Å². The van der Waals surface area contributed by atoms with Crippen LogP contribution in [0.2, 0.25) is 0 Å². The van der Waals surface area contributed by atoms with Gasteiger partial charge in [0.05, 0.1) is 29.6 Å². The number of aryl methyl sites for hydroxylation is 1. The number of nitrogens with zero attached hydrogens (tertiary/aromatic N) is 3. The molecule has 1 aliphatic heterocycles. The molecule has 0 saturated heterocycles. The number of anilines is 1. The fourth-order valence-corrected chi connectivity index (χ4v) is 5.00. The first kappa shape index (κ1) is 19.6. The van der Waals surface area contributed by atoms with E-state index in [1.54, 1.807) is 11.8 Å². The average molecular weight is 435 g/mol. The molecule has 0 saturated carbocycles. The summed E-state index contributed by atoms with van der Waals surface area (Å²) in [7, 11) is 1.65. The number of carbonyl (C=O) groups excluding carboxylic acids is 1. The second kappa shape index (κ2) is 7.70. The molecule has 1 amide bonds. The summed E-state index contributed by atoms with van der Waals surface area (Å²) in [5.41, 5.74) is 3.84. The van der Waals surface area contributed by atoms with Gasteiger partial charge in [-0.05, 0) is 49.7 Å². The lowest BCUT2D eigenvalue weighted by atomic mass is 9.86. The lowest BCUT2D eigenvalue weighted by Crippen LogP contribution is -2.24. The maximum atomic E-state index is 12.6. The number of hydrogen-bond donors (Lipinski definition) is 1. The van der Waals surface area contributed by atoms with E-state index >= 15 is 0 Å². The van der Waals surface area contributed by atoms with Gasteiger partial charge in [-0.25, -0.2) is 4.98 Å². The number of nitrogens with one attached hydrogen (secondary N) is 1. The van der Waals surface area contributed by atoms with Gasteiger partial charge in [-0.2, -0.15) is 9.78 Å². The number of carbonyl (C=O) groups is 1. The summed E-state index contributed by atoms with van der Waals surface area (Å²) >= 11 is 1.51. The van der Waals surface area contributed by atoms with Crippen LogP contribution in [0, 0.1) is 6.92 Å². The minimum absolute atomic E-state index is 0.0321. The number of hydrogen-bond acceptors (Lipinski definition) is 6. The lowest BCUT2D eigenvalue weighted by molar-refractivity contribution is -0.116. The molecule has 7 nitrogen and oxygen atoms in total. The van der Waals surface area contributed by atoms with Crippen molar-refractivity contribution in [1.82, 2.24) is 14.8 Å². The molecule has 1 N–H and O–H groups in total. The molecule has 5 rings (SSSR count). The fourth-order valence-electron chi connectivity index (χ4n) is 4.04. The van der Waals surface area contributed by atoms with Crippen molar-refractivity contribution in [2.45, 2.75) is 26.2 Å². The number of rotatable bonds is 5. The number of amides is 1. The van der Waals surface area contributed by atoms with Crippen molar-refractivity contribution in [3.05, 3.63) is 59.3 Å². The van der Waals surface area contributed by atoms with Gasteiger partial charge in [0.25, 0.3) is 0 Å². The van der Waals surface area contributed by atoms with Gasteiger partial charge < -0.3 is 14.8 Å². The quantitative estimate of drug-likeness (QED) is 0.494. The first-order valence-electron chi connectivity index (χ1n) is 10.1. The molecule has 0 spiro atoms. The van der Waals surface area contributed by atoms with E-state index in [1.165, 1.54) is 11.3 Å². The van der Waals surface area contributed by atoms with Crippen molar-refractivity contribution in [3.8, 4) is 16.6 Å². The summed E-state index contributed by atoms with van der Waals surface area (Å²) < 4.78 is 13.6. The molecule has 158 valence electrons. The average Bonchev–Trinajstić information content (AvgIpc) is 3.34. The Bertz CT molecular complexity index is 1280. The minimum atomic E-state index is -0.0670. The highest BCUT2D eigenvalue weighted by Gasteiger charge is 2.33. The zero-order valence-electron chi connectivity index (χ0n) is 17.5. The molecule has 0 fully saturated rings. The van der Waals surface area contributed by atoms with Gasteiger partial charge >= 0.3 is 0 Å². The Hall–Kier alpha value is -3.39. The molecule has 2 aromatic heterocycles. The Labute approximate surface area is 183 Å². The number of benzene rings is 2. The van der Waals surface area contributed by atoms with Crippen LogP contribution < -0.4 is 14.8 Å². The highest BCUT2D eigenvalue weighted by molar-refractivity contribution is 7.20. The fraction of sp³-hybridized carbons (Fsp3) is 0.261. The minimum Gasteiger partial charge on any atom is -0.497 e. The van der Waals surface area contributed by atoms with Gasteiger partial charge in [0, 0.05) is 17.9 Å². The van der Waals surface area contributed by atoms with E-state index < -0.39 is 0 Å². The number of fused-ring (bicyclic) bond motifs is 2. The zero-order valence-corrected chi connectivity index (χ0v) is 18.3. The predicted octanol–water partition coefficient (Wildman–Crippen LogP) is 4.67. The van der Waals surface area contributed by atoms with Crippen LogP contribution in [0.15, 0.2) is 42.5 Å². The largest absolute Gasteiger partial charge is 0.497 e. The van der Waals surface area contributed by atoms with Crippen LogP contribution in [0.1, 0.15) is 36.1 Å². The Morgan fingerprint density at radius 2 is 1.97 bits per heavy atom. The molecule has 1 aliphatic rings. The monoisotopic (exact) mass is 434 g/mol. The second-order valence-electron chi connectivity index (χ2n) is 7.40. The first-order valence-corrected chi connectivity index (χ1v) is 11.0. The molecule has 1 atom stereocenters. The number of ether oxygens (including phenoxy) is 2. The van der Waals surface area contributed by atoms with E-state index in [4.69, 9.17) is 19.6 Å². The number of aromatic nitrogens is 3. The molecule has 0 aliphatic carbocycles. The highest BCUT2D eigenvalue weighted by atomic mass is 32.1. The lowest BCUT2D eigenvalue weighted by Gasteiger charge is -2.24.